The van der Waals surface area contributed by atoms with Crippen molar-refractivity contribution in [1.29, 1.82) is 0 Å². The van der Waals surface area contributed by atoms with Crippen molar-refractivity contribution < 1.29 is 0 Å². The summed E-state index contributed by atoms with van der Waals surface area (Å²) in [5.74, 6) is 0. The lowest BCUT2D eigenvalue weighted by molar-refractivity contribution is 0.444. The fourth-order valence-electron chi connectivity index (χ4n) is 2.22. The van der Waals surface area contributed by atoms with E-state index in [0.29, 0.717) is 10.0 Å². The van der Waals surface area contributed by atoms with Gasteiger partial charge in [0, 0.05) is 41.8 Å². The second kappa shape index (κ2) is 7.48. The normalized spacial score (nSPS) is 11.5. The van der Waals surface area contributed by atoms with E-state index >= 15 is 0 Å². The maximum atomic E-state index is 6.38. The van der Waals surface area contributed by atoms with Gasteiger partial charge in [-0.3, -0.25) is 4.98 Å². The molecule has 0 unspecified atom stereocenters. The van der Waals surface area contributed by atoms with Crippen LogP contribution in [0.2, 0.25) is 10.0 Å². The summed E-state index contributed by atoms with van der Waals surface area (Å²) >= 11 is 12.4. The van der Waals surface area contributed by atoms with Gasteiger partial charge in [-0.25, -0.2) is 0 Å². The molecule has 0 bridgehead atoms. The van der Waals surface area contributed by atoms with Crippen molar-refractivity contribution in [3.63, 3.8) is 0 Å². The summed E-state index contributed by atoms with van der Waals surface area (Å²) in [6, 6.07) is 9.56. The van der Waals surface area contributed by atoms with Gasteiger partial charge in [0.15, 0.2) is 0 Å². The van der Waals surface area contributed by atoms with Gasteiger partial charge in [-0.2, -0.15) is 0 Å². The van der Waals surface area contributed by atoms with Gasteiger partial charge in [-0.15, -0.1) is 0 Å². The molecule has 2 rings (SSSR count). The molecule has 0 saturated carbocycles. The van der Waals surface area contributed by atoms with Crippen molar-refractivity contribution in [1.82, 2.24) is 9.88 Å². The highest BCUT2D eigenvalue weighted by molar-refractivity contribution is 6.35. The van der Waals surface area contributed by atoms with Crippen LogP contribution in [0.3, 0.4) is 0 Å². The van der Waals surface area contributed by atoms with E-state index in [4.69, 9.17) is 23.2 Å². The van der Waals surface area contributed by atoms with E-state index in [-0.39, 0.29) is 0 Å². The lowest BCUT2D eigenvalue weighted by Crippen LogP contribution is -2.21. The fourth-order valence-corrected chi connectivity index (χ4v) is 2.73. The quantitative estimate of drug-likeness (QED) is 0.750. The topological polar surface area (TPSA) is 16.1 Å². The second-order valence-electron chi connectivity index (χ2n) is 4.61. The average molecular weight is 321 g/mol. The molecule has 0 amide bonds. The van der Waals surface area contributed by atoms with Crippen LogP contribution in [-0.4, -0.2) is 23.0 Å². The standard InChI is InChI=1S/C17H18Cl2N2/c1-3-21(4-2)17(10-13-6-5-9-20-12-13)15-8-7-14(18)11-16(15)19/h5-12H,3-4H2,1-2H3/b17-10+. The Bertz CT molecular complexity index is 620. The van der Waals surface area contributed by atoms with Crippen molar-refractivity contribution in [3.8, 4) is 0 Å². The summed E-state index contributed by atoms with van der Waals surface area (Å²) in [7, 11) is 0. The minimum atomic E-state index is 0.643. The zero-order valence-corrected chi connectivity index (χ0v) is 13.7. The lowest BCUT2D eigenvalue weighted by atomic mass is 10.1. The Hall–Kier alpha value is -1.51. The van der Waals surface area contributed by atoms with Crippen molar-refractivity contribution in [3.05, 3.63) is 63.9 Å². The smallest absolute Gasteiger partial charge is 0.0513 e. The minimum Gasteiger partial charge on any atom is -0.372 e. The molecule has 0 aliphatic rings. The second-order valence-corrected chi connectivity index (χ2v) is 5.46. The van der Waals surface area contributed by atoms with Gasteiger partial charge in [0.25, 0.3) is 0 Å². The summed E-state index contributed by atoms with van der Waals surface area (Å²) in [6.07, 6.45) is 5.71. The van der Waals surface area contributed by atoms with Crippen LogP contribution < -0.4 is 0 Å². The van der Waals surface area contributed by atoms with E-state index in [0.717, 1.165) is 29.9 Å². The number of nitrogens with zero attached hydrogens (tertiary/aromatic N) is 2. The summed E-state index contributed by atoms with van der Waals surface area (Å²) in [5.41, 5.74) is 3.11. The average Bonchev–Trinajstić information content (AvgIpc) is 2.49. The zero-order chi connectivity index (χ0) is 15.2. The molecule has 0 N–H and O–H groups in total. The summed E-state index contributed by atoms with van der Waals surface area (Å²) in [4.78, 5) is 6.43. The predicted octanol–water partition coefficient (Wildman–Crippen LogP) is 5.23. The molecule has 0 aliphatic heterocycles. The van der Waals surface area contributed by atoms with Crippen molar-refractivity contribution in [2.24, 2.45) is 0 Å². The number of hydrogen-bond acceptors (Lipinski definition) is 2. The molecule has 21 heavy (non-hydrogen) atoms. The van der Waals surface area contributed by atoms with Crippen LogP contribution in [0.1, 0.15) is 25.0 Å². The van der Waals surface area contributed by atoms with E-state index in [1.165, 1.54) is 0 Å². The van der Waals surface area contributed by atoms with Crippen LogP contribution in [0.4, 0.5) is 0 Å². The van der Waals surface area contributed by atoms with Crippen LogP contribution in [0.25, 0.3) is 11.8 Å². The van der Waals surface area contributed by atoms with E-state index in [1.54, 1.807) is 12.3 Å². The van der Waals surface area contributed by atoms with Gasteiger partial charge in [0.05, 0.1) is 5.02 Å². The van der Waals surface area contributed by atoms with Crippen LogP contribution in [-0.2, 0) is 0 Å². The van der Waals surface area contributed by atoms with Crippen LogP contribution in [0, 0.1) is 0 Å². The van der Waals surface area contributed by atoms with Gasteiger partial charge in [-0.05, 0) is 49.8 Å². The largest absolute Gasteiger partial charge is 0.372 e. The van der Waals surface area contributed by atoms with E-state index in [9.17, 15) is 0 Å². The maximum Gasteiger partial charge on any atom is 0.0513 e. The molecule has 0 aliphatic carbocycles. The Kier molecular flexibility index (Phi) is 5.66. The number of benzene rings is 1. The first-order valence-corrected chi connectivity index (χ1v) is 7.73. The van der Waals surface area contributed by atoms with Gasteiger partial charge < -0.3 is 4.90 Å². The number of pyridine rings is 1. The van der Waals surface area contributed by atoms with Gasteiger partial charge in [-0.1, -0.05) is 29.3 Å². The first kappa shape index (κ1) is 15.9. The van der Waals surface area contributed by atoms with Crippen LogP contribution in [0.5, 0.6) is 0 Å². The third-order valence-corrected chi connectivity index (χ3v) is 3.85. The van der Waals surface area contributed by atoms with E-state index in [2.05, 4.69) is 29.8 Å². The first-order chi connectivity index (χ1) is 10.2. The molecular formula is C17H18Cl2N2. The number of hydrogen-bond donors (Lipinski definition) is 0. The first-order valence-electron chi connectivity index (χ1n) is 6.97. The molecule has 0 fully saturated rings. The molecule has 0 atom stereocenters. The van der Waals surface area contributed by atoms with Crippen LogP contribution in [0.15, 0.2) is 42.7 Å². The van der Waals surface area contributed by atoms with Crippen LogP contribution >= 0.6 is 23.2 Å². The van der Waals surface area contributed by atoms with Gasteiger partial charge in [0.2, 0.25) is 0 Å². The Morgan fingerprint density at radius 3 is 2.52 bits per heavy atom. The lowest BCUT2D eigenvalue weighted by Gasteiger charge is -2.25. The van der Waals surface area contributed by atoms with E-state index in [1.807, 2.05) is 30.5 Å². The highest BCUT2D eigenvalue weighted by Crippen LogP contribution is 2.30. The fraction of sp³-hybridized carbons (Fsp3) is 0.235. The summed E-state index contributed by atoms with van der Waals surface area (Å²) in [5, 5.41) is 1.30. The number of aromatic nitrogens is 1. The molecule has 2 nitrogen and oxygen atoms in total. The molecule has 110 valence electrons. The molecule has 1 heterocycles. The predicted molar refractivity (Wildman–Crippen MR) is 91.5 cm³/mol. The maximum absolute atomic E-state index is 6.38. The SMILES string of the molecule is CCN(CC)/C(=C/c1cccnc1)c1ccc(Cl)cc1Cl. The highest BCUT2D eigenvalue weighted by atomic mass is 35.5. The molecule has 4 heteroatoms. The molecule has 1 aromatic heterocycles. The molecule has 0 radical (unpaired) electrons. The third-order valence-electron chi connectivity index (χ3n) is 3.30. The van der Waals surface area contributed by atoms with E-state index < -0.39 is 0 Å². The molecular weight excluding hydrogens is 303 g/mol. The highest BCUT2D eigenvalue weighted by Gasteiger charge is 2.12. The Morgan fingerprint density at radius 2 is 1.95 bits per heavy atom. The van der Waals surface area contributed by atoms with Crippen molar-refractivity contribution in [2.45, 2.75) is 13.8 Å². The monoisotopic (exact) mass is 320 g/mol. The summed E-state index contributed by atoms with van der Waals surface area (Å²) in [6.45, 7) is 6.07. The summed E-state index contributed by atoms with van der Waals surface area (Å²) < 4.78 is 0. The van der Waals surface area contributed by atoms with Crippen molar-refractivity contribution in [2.75, 3.05) is 13.1 Å². The van der Waals surface area contributed by atoms with Gasteiger partial charge in [0.1, 0.15) is 0 Å². The molecule has 2 aromatic rings. The zero-order valence-electron chi connectivity index (χ0n) is 12.2. The molecule has 1 aromatic carbocycles. The van der Waals surface area contributed by atoms with Crippen molar-refractivity contribution >= 4 is 35.0 Å². The third kappa shape index (κ3) is 3.99. The van der Waals surface area contributed by atoms with Gasteiger partial charge >= 0.3 is 0 Å². The Morgan fingerprint density at radius 1 is 1.19 bits per heavy atom. The minimum absolute atomic E-state index is 0.643. The Labute approximate surface area is 136 Å². The molecule has 0 spiro atoms. The number of halogens is 2. The molecule has 0 saturated heterocycles. The number of rotatable bonds is 5. The Balaban J connectivity index is 2.53.